The van der Waals surface area contributed by atoms with Gasteiger partial charge in [0.25, 0.3) is 0 Å². The van der Waals surface area contributed by atoms with Crippen LogP contribution < -0.4 is 5.32 Å². The highest BCUT2D eigenvalue weighted by molar-refractivity contribution is 6.03. The molecule has 112 valence electrons. The van der Waals surface area contributed by atoms with Gasteiger partial charge in [0.2, 0.25) is 11.8 Å². The molecule has 0 spiro atoms. The minimum atomic E-state index is -0.452. The lowest BCUT2D eigenvalue weighted by molar-refractivity contribution is -0.128. The molecule has 0 saturated carbocycles. The predicted molar refractivity (Wildman–Crippen MR) is 76.0 cm³/mol. The van der Waals surface area contributed by atoms with Crippen LogP contribution in [0.4, 0.5) is 10.1 Å². The van der Waals surface area contributed by atoms with Crippen LogP contribution >= 0.6 is 0 Å². The largest absolute Gasteiger partial charge is 0.393 e. The SMILES string of the molecule is O=C(/C=C/C(=O)N1CCC(O)CC1)Nc1ccc(F)cc1. The second-order valence-electron chi connectivity index (χ2n) is 4.89. The summed E-state index contributed by atoms with van der Waals surface area (Å²) in [7, 11) is 0. The Balaban J connectivity index is 1.84. The van der Waals surface area contributed by atoms with Gasteiger partial charge in [-0.3, -0.25) is 9.59 Å². The molecule has 0 atom stereocenters. The van der Waals surface area contributed by atoms with E-state index in [1.165, 1.54) is 30.3 Å². The zero-order valence-corrected chi connectivity index (χ0v) is 11.5. The Morgan fingerprint density at radius 3 is 2.43 bits per heavy atom. The first-order valence-electron chi connectivity index (χ1n) is 6.76. The summed E-state index contributed by atoms with van der Waals surface area (Å²) in [5, 5.41) is 11.9. The molecular weight excluding hydrogens is 275 g/mol. The van der Waals surface area contributed by atoms with Crippen molar-refractivity contribution in [3.05, 3.63) is 42.2 Å². The molecule has 1 aliphatic heterocycles. The molecule has 2 N–H and O–H groups in total. The van der Waals surface area contributed by atoms with Crippen LogP contribution in [0, 0.1) is 5.82 Å². The number of aliphatic hydroxyl groups excluding tert-OH is 1. The van der Waals surface area contributed by atoms with Crippen molar-refractivity contribution in [1.82, 2.24) is 4.90 Å². The van der Waals surface area contributed by atoms with Gasteiger partial charge in [0.15, 0.2) is 0 Å². The lowest BCUT2D eigenvalue weighted by Gasteiger charge is -2.28. The van der Waals surface area contributed by atoms with Crippen LogP contribution in [0.3, 0.4) is 0 Å². The topological polar surface area (TPSA) is 69.6 Å². The van der Waals surface area contributed by atoms with E-state index in [4.69, 9.17) is 0 Å². The molecule has 0 bridgehead atoms. The van der Waals surface area contributed by atoms with Gasteiger partial charge >= 0.3 is 0 Å². The molecule has 0 aromatic heterocycles. The minimum Gasteiger partial charge on any atom is -0.393 e. The van der Waals surface area contributed by atoms with Gasteiger partial charge in [-0.25, -0.2) is 4.39 Å². The molecule has 0 radical (unpaired) electrons. The molecule has 1 aliphatic rings. The fraction of sp³-hybridized carbons (Fsp3) is 0.333. The third kappa shape index (κ3) is 4.68. The van der Waals surface area contributed by atoms with Crippen LogP contribution in [0.15, 0.2) is 36.4 Å². The van der Waals surface area contributed by atoms with Gasteiger partial charge in [-0.15, -0.1) is 0 Å². The summed E-state index contributed by atoms with van der Waals surface area (Å²) < 4.78 is 12.7. The van der Waals surface area contributed by atoms with Crippen molar-refractivity contribution in [3.63, 3.8) is 0 Å². The number of carbonyl (C=O) groups is 2. The maximum Gasteiger partial charge on any atom is 0.248 e. The normalized spacial score (nSPS) is 16.2. The van der Waals surface area contributed by atoms with Crippen LogP contribution in [0.5, 0.6) is 0 Å². The number of likely N-dealkylation sites (tertiary alicyclic amines) is 1. The number of carbonyl (C=O) groups excluding carboxylic acids is 2. The van der Waals surface area contributed by atoms with E-state index in [9.17, 15) is 19.1 Å². The van der Waals surface area contributed by atoms with E-state index in [0.29, 0.717) is 31.6 Å². The van der Waals surface area contributed by atoms with Crippen molar-refractivity contribution in [2.45, 2.75) is 18.9 Å². The number of rotatable bonds is 3. The molecule has 1 aromatic carbocycles. The number of benzene rings is 1. The van der Waals surface area contributed by atoms with Crippen molar-refractivity contribution >= 4 is 17.5 Å². The van der Waals surface area contributed by atoms with E-state index in [0.717, 1.165) is 6.08 Å². The Morgan fingerprint density at radius 2 is 1.81 bits per heavy atom. The average molecular weight is 292 g/mol. The molecule has 2 rings (SSSR count). The second-order valence-corrected chi connectivity index (χ2v) is 4.89. The molecule has 0 aliphatic carbocycles. The van der Waals surface area contributed by atoms with Crippen LogP contribution in [0.2, 0.25) is 0 Å². The fourth-order valence-electron chi connectivity index (χ4n) is 2.06. The Hall–Kier alpha value is -2.21. The summed E-state index contributed by atoms with van der Waals surface area (Å²) in [6.45, 7) is 0.980. The van der Waals surface area contributed by atoms with Gasteiger partial charge in [-0.1, -0.05) is 0 Å². The van der Waals surface area contributed by atoms with Crippen LogP contribution in [0.1, 0.15) is 12.8 Å². The monoisotopic (exact) mass is 292 g/mol. The molecule has 21 heavy (non-hydrogen) atoms. The van der Waals surface area contributed by atoms with Gasteiger partial charge in [0, 0.05) is 30.9 Å². The Labute approximate surface area is 122 Å². The van der Waals surface area contributed by atoms with E-state index in [2.05, 4.69) is 5.32 Å². The molecule has 1 fully saturated rings. The first-order chi connectivity index (χ1) is 10.0. The third-order valence-corrected chi connectivity index (χ3v) is 3.27. The number of halogens is 1. The minimum absolute atomic E-state index is 0.254. The van der Waals surface area contributed by atoms with Crippen molar-refractivity contribution in [1.29, 1.82) is 0 Å². The lowest BCUT2D eigenvalue weighted by atomic mass is 10.1. The van der Waals surface area contributed by atoms with E-state index in [1.807, 2.05) is 0 Å². The maximum absolute atomic E-state index is 12.7. The molecule has 0 unspecified atom stereocenters. The maximum atomic E-state index is 12.7. The molecule has 5 nitrogen and oxygen atoms in total. The summed E-state index contributed by atoms with van der Waals surface area (Å²) in [4.78, 5) is 25.1. The van der Waals surface area contributed by atoms with Gasteiger partial charge in [0.05, 0.1) is 6.10 Å². The first kappa shape index (κ1) is 15.2. The van der Waals surface area contributed by atoms with E-state index in [1.54, 1.807) is 4.90 Å². The number of nitrogens with one attached hydrogen (secondary N) is 1. The highest BCUT2D eigenvalue weighted by Gasteiger charge is 2.19. The molecule has 6 heteroatoms. The van der Waals surface area contributed by atoms with Gasteiger partial charge in [0.1, 0.15) is 5.82 Å². The number of aliphatic hydroxyl groups is 1. The second kappa shape index (κ2) is 6.99. The van der Waals surface area contributed by atoms with E-state index in [-0.39, 0.29) is 17.8 Å². The van der Waals surface area contributed by atoms with Crippen molar-refractivity contribution < 1.29 is 19.1 Å². The molecule has 1 saturated heterocycles. The molecule has 2 amide bonds. The van der Waals surface area contributed by atoms with Gasteiger partial charge in [-0.05, 0) is 37.1 Å². The highest BCUT2D eigenvalue weighted by Crippen LogP contribution is 2.11. The summed E-state index contributed by atoms with van der Waals surface area (Å²) in [5.74, 6) is -1.09. The van der Waals surface area contributed by atoms with E-state index >= 15 is 0 Å². The van der Waals surface area contributed by atoms with Crippen LogP contribution in [0.25, 0.3) is 0 Å². The smallest absolute Gasteiger partial charge is 0.248 e. The zero-order chi connectivity index (χ0) is 15.2. The number of nitrogens with zero attached hydrogens (tertiary/aromatic N) is 1. The number of hydrogen-bond acceptors (Lipinski definition) is 3. The zero-order valence-electron chi connectivity index (χ0n) is 11.5. The number of piperidine rings is 1. The summed E-state index contributed by atoms with van der Waals surface area (Å²) in [6, 6.07) is 5.36. The number of amides is 2. The Kier molecular flexibility index (Phi) is 5.05. The summed E-state index contributed by atoms with van der Waals surface area (Å²) >= 11 is 0. The lowest BCUT2D eigenvalue weighted by Crippen LogP contribution is -2.39. The highest BCUT2D eigenvalue weighted by atomic mass is 19.1. The molecule has 1 heterocycles. The van der Waals surface area contributed by atoms with Gasteiger partial charge < -0.3 is 15.3 Å². The number of anilines is 1. The summed E-state index contributed by atoms with van der Waals surface area (Å²) in [6.07, 6.45) is 3.12. The Bertz CT molecular complexity index is 534. The van der Waals surface area contributed by atoms with Crippen molar-refractivity contribution in [2.24, 2.45) is 0 Å². The predicted octanol–water partition coefficient (Wildman–Crippen LogP) is 1.30. The number of hydrogen-bond donors (Lipinski definition) is 2. The summed E-state index contributed by atoms with van der Waals surface area (Å²) in [5.41, 5.74) is 0.458. The first-order valence-corrected chi connectivity index (χ1v) is 6.76. The standard InChI is InChI=1S/C15H17FN2O3/c16-11-1-3-12(4-2-11)17-14(20)5-6-15(21)18-9-7-13(19)8-10-18/h1-6,13,19H,7-10H2,(H,17,20)/b6-5+. The molecular formula is C15H17FN2O3. The van der Waals surface area contributed by atoms with Crippen LogP contribution in [-0.4, -0.2) is 41.0 Å². The average Bonchev–Trinajstić information content (AvgIpc) is 2.48. The molecule has 1 aromatic rings. The van der Waals surface area contributed by atoms with Crippen LogP contribution in [-0.2, 0) is 9.59 Å². The van der Waals surface area contributed by atoms with Gasteiger partial charge in [-0.2, -0.15) is 0 Å². The van der Waals surface area contributed by atoms with Crippen molar-refractivity contribution in [2.75, 3.05) is 18.4 Å². The van der Waals surface area contributed by atoms with E-state index < -0.39 is 5.91 Å². The fourth-order valence-corrected chi connectivity index (χ4v) is 2.06. The van der Waals surface area contributed by atoms with Crippen molar-refractivity contribution in [3.8, 4) is 0 Å². The third-order valence-electron chi connectivity index (χ3n) is 3.27. The quantitative estimate of drug-likeness (QED) is 0.825. The Morgan fingerprint density at radius 1 is 1.19 bits per heavy atom.